The minimum Gasteiger partial charge on any atom is -0.339 e. The van der Waals surface area contributed by atoms with E-state index < -0.39 is 0 Å². The van der Waals surface area contributed by atoms with Gasteiger partial charge >= 0.3 is 0 Å². The molecule has 22 heavy (non-hydrogen) atoms. The molecule has 0 bridgehead atoms. The van der Waals surface area contributed by atoms with Gasteiger partial charge in [0.15, 0.2) is 5.82 Å². The summed E-state index contributed by atoms with van der Waals surface area (Å²) in [5, 5.41) is 8.56. The Morgan fingerprint density at radius 2 is 2.09 bits per heavy atom. The molecular formula is C17H23N3OS. The van der Waals surface area contributed by atoms with Crippen molar-refractivity contribution in [1.82, 2.24) is 15.0 Å². The molecule has 1 aliphatic heterocycles. The number of hydrogen-bond donors (Lipinski definition) is 0. The number of nitrogens with zero attached hydrogens (tertiary/aromatic N) is 3. The highest BCUT2D eigenvalue weighted by molar-refractivity contribution is 7.07. The van der Waals surface area contributed by atoms with Gasteiger partial charge in [-0.15, -0.1) is 0 Å². The summed E-state index contributed by atoms with van der Waals surface area (Å²) >= 11 is 1.79. The molecule has 3 heterocycles. The van der Waals surface area contributed by atoms with E-state index in [1.54, 1.807) is 11.3 Å². The SMILES string of the molecule is c1cc(CN2CCC(CCc3noc(C4CC4)n3)CC2)cs1. The van der Waals surface area contributed by atoms with Crippen molar-refractivity contribution >= 4 is 11.3 Å². The predicted octanol–water partition coefficient (Wildman–Crippen LogP) is 3.85. The van der Waals surface area contributed by atoms with Crippen LogP contribution in [0.15, 0.2) is 21.3 Å². The molecule has 4 rings (SSSR count). The molecule has 0 N–H and O–H groups in total. The Bertz CT molecular complexity index is 583. The van der Waals surface area contributed by atoms with Gasteiger partial charge in [0, 0.05) is 18.9 Å². The van der Waals surface area contributed by atoms with Crippen molar-refractivity contribution < 1.29 is 4.52 Å². The van der Waals surface area contributed by atoms with Crippen molar-refractivity contribution in [3.8, 4) is 0 Å². The lowest BCUT2D eigenvalue weighted by Gasteiger charge is -2.31. The maximum absolute atomic E-state index is 5.34. The first kappa shape index (κ1) is 14.4. The first-order valence-electron chi connectivity index (χ1n) is 8.43. The zero-order valence-corrected chi connectivity index (χ0v) is 13.7. The number of aromatic nitrogens is 2. The van der Waals surface area contributed by atoms with Gasteiger partial charge in [-0.05, 0) is 73.5 Å². The highest BCUT2D eigenvalue weighted by Gasteiger charge is 2.29. The number of likely N-dealkylation sites (tertiary alicyclic amines) is 1. The van der Waals surface area contributed by atoms with Gasteiger partial charge in [0.05, 0.1) is 0 Å². The summed E-state index contributed by atoms with van der Waals surface area (Å²) in [4.78, 5) is 7.12. The van der Waals surface area contributed by atoms with Crippen LogP contribution in [0.4, 0.5) is 0 Å². The molecule has 0 aromatic carbocycles. The van der Waals surface area contributed by atoms with Gasteiger partial charge in [0.2, 0.25) is 5.89 Å². The molecule has 1 saturated heterocycles. The summed E-state index contributed by atoms with van der Waals surface area (Å²) in [6.07, 6.45) is 7.24. The van der Waals surface area contributed by atoms with Crippen LogP contribution in [-0.2, 0) is 13.0 Å². The summed E-state index contributed by atoms with van der Waals surface area (Å²) in [7, 11) is 0. The fraction of sp³-hybridized carbons (Fsp3) is 0.647. The van der Waals surface area contributed by atoms with Crippen molar-refractivity contribution in [2.24, 2.45) is 5.92 Å². The smallest absolute Gasteiger partial charge is 0.229 e. The first-order chi connectivity index (χ1) is 10.9. The summed E-state index contributed by atoms with van der Waals surface area (Å²) in [6, 6.07) is 2.24. The van der Waals surface area contributed by atoms with Gasteiger partial charge in [-0.3, -0.25) is 4.90 Å². The Kier molecular flexibility index (Phi) is 4.26. The molecule has 1 saturated carbocycles. The van der Waals surface area contributed by atoms with Crippen molar-refractivity contribution in [2.45, 2.75) is 51.0 Å². The molecule has 2 aliphatic rings. The van der Waals surface area contributed by atoms with E-state index in [1.165, 1.54) is 50.8 Å². The third-order valence-electron chi connectivity index (χ3n) is 4.88. The average Bonchev–Trinajstić information content (AvgIpc) is 3.07. The molecule has 4 nitrogen and oxygen atoms in total. The standard InChI is InChI=1S/C17H23N3OS/c1(4-16-18-17(21-19-16)15-2-3-15)13-5-8-20(9-6-13)11-14-7-10-22-12-14/h7,10,12-13,15H,1-6,8-9,11H2. The molecule has 0 spiro atoms. The van der Waals surface area contributed by atoms with Gasteiger partial charge in [-0.25, -0.2) is 0 Å². The summed E-state index contributed by atoms with van der Waals surface area (Å²) in [5.41, 5.74) is 1.46. The fourth-order valence-electron chi connectivity index (χ4n) is 3.27. The maximum Gasteiger partial charge on any atom is 0.229 e. The molecule has 0 radical (unpaired) electrons. The molecular weight excluding hydrogens is 294 g/mol. The second kappa shape index (κ2) is 6.50. The number of thiophene rings is 1. The Morgan fingerprint density at radius 1 is 1.23 bits per heavy atom. The van der Waals surface area contributed by atoms with Crippen molar-refractivity contribution in [3.63, 3.8) is 0 Å². The second-order valence-corrected chi connectivity index (χ2v) is 7.49. The quantitative estimate of drug-likeness (QED) is 0.811. The third kappa shape index (κ3) is 3.58. The van der Waals surface area contributed by atoms with Crippen molar-refractivity contribution in [1.29, 1.82) is 0 Å². The van der Waals surface area contributed by atoms with E-state index in [9.17, 15) is 0 Å². The van der Waals surface area contributed by atoms with E-state index in [0.717, 1.165) is 30.6 Å². The number of piperidine rings is 1. The maximum atomic E-state index is 5.34. The van der Waals surface area contributed by atoms with E-state index in [2.05, 4.69) is 31.9 Å². The molecule has 0 amide bonds. The highest BCUT2D eigenvalue weighted by Crippen LogP contribution is 2.38. The van der Waals surface area contributed by atoms with Crippen LogP contribution >= 0.6 is 11.3 Å². The topological polar surface area (TPSA) is 42.2 Å². The van der Waals surface area contributed by atoms with Crippen LogP contribution in [0, 0.1) is 5.92 Å². The van der Waals surface area contributed by atoms with Crippen LogP contribution < -0.4 is 0 Å². The number of rotatable bonds is 6. The monoisotopic (exact) mass is 317 g/mol. The summed E-state index contributed by atoms with van der Waals surface area (Å²) < 4.78 is 5.34. The van der Waals surface area contributed by atoms with Gasteiger partial charge in [0.1, 0.15) is 0 Å². The van der Waals surface area contributed by atoms with Gasteiger partial charge in [-0.1, -0.05) is 5.16 Å². The molecule has 5 heteroatoms. The molecule has 1 aliphatic carbocycles. The second-order valence-electron chi connectivity index (χ2n) is 6.71. The Hall–Kier alpha value is -1.20. The first-order valence-corrected chi connectivity index (χ1v) is 9.37. The lowest BCUT2D eigenvalue weighted by atomic mass is 9.92. The van der Waals surface area contributed by atoms with E-state index >= 15 is 0 Å². The van der Waals surface area contributed by atoms with E-state index in [4.69, 9.17) is 4.52 Å². The van der Waals surface area contributed by atoms with Gasteiger partial charge in [-0.2, -0.15) is 16.3 Å². The predicted molar refractivity (Wildman–Crippen MR) is 86.9 cm³/mol. The van der Waals surface area contributed by atoms with Crippen LogP contribution in [0.25, 0.3) is 0 Å². The minimum absolute atomic E-state index is 0.571. The Labute approximate surface area is 135 Å². The summed E-state index contributed by atoms with van der Waals surface area (Å²) in [6.45, 7) is 3.56. The Balaban J connectivity index is 1.20. The van der Waals surface area contributed by atoms with Crippen LogP contribution in [-0.4, -0.2) is 28.1 Å². The number of aryl methyl sites for hydroxylation is 1. The largest absolute Gasteiger partial charge is 0.339 e. The molecule has 2 aromatic rings. The molecule has 118 valence electrons. The number of hydrogen-bond acceptors (Lipinski definition) is 5. The lowest BCUT2D eigenvalue weighted by molar-refractivity contribution is 0.172. The molecule has 0 atom stereocenters. The van der Waals surface area contributed by atoms with E-state index in [1.807, 2.05) is 0 Å². The van der Waals surface area contributed by atoms with Crippen molar-refractivity contribution in [2.75, 3.05) is 13.1 Å². The van der Waals surface area contributed by atoms with Crippen LogP contribution in [0.1, 0.15) is 55.3 Å². The third-order valence-corrected chi connectivity index (χ3v) is 5.61. The molecule has 0 unspecified atom stereocenters. The lowest BCUT2D eigenvalue weighted by Crippen LogP contribution is -2.33. The summed E-state index contributed by atoms with van der Waals surface area (Å²) in [5.74, 6) is 3.19. The van der Waals surface area contributed by atoms with Crippen molar-refractivity contribution in [3.05, 3.63) is 34.1 Å². The van der Waals surface area contributed by atoms with Gasteiger partial charge < -0.3 is 4.52 Å². The zero-order valence-electron chi connectivity index (χ0n) is 12.9. The zero-order chi connectivity index (χ0) is 14.8. The van der Waals surface area contributed by atoms with Crippen LogP contribution in [0.5, 0.6) is 0 Å². The van der Waals surface area contributed by atoms with Gasteiger partial charge in [0.25, 0.3) is 0 Å². The van der Waals surface area contributed by atoms with E-state index in [0.29, 0.717) is 5.92 Å². The minimum atomic E-state index is 0.571. The average molecular weight is 317 g/mol. The normalized spacial score (nSPS) is 20.5. The van der Waals surface area contributed by atoms with Crippen LogP contribution in [0.3, 0.4) is 0 Å². The molecule has 2 aromatic heterocycles. The van der Waals surface area contributed by atoms with Crippen LogP contribution in [0.2, 0.25) is 0 Å². The van der Waals surface area contributed by atoms with E-state index in [-0.39, 0.29) is 0 Å². The highest BCUT2D eigenvalue weighted by atomic mass is 32.1. The fourth-order valence-corrected chi connectivity index (χ4v) is 3.93. The molecule has 2 fully saturated rings. The Morgan fingerprint density at radius 3 is 2.82 bits per heavy atom.